The second-order valence-electron chi connectivity index (χ2n) is 6.77. The SMILES string of the molecule is COc1cc(C)c(S(=O)(=O)N2CCn3c(cc4ccccc43)C2)cc1C. The Bertz CT molecular complexity index is 1100. The zero-order valence-corrected chi connectivity index (χ0v) is 16.0. The lowest BCUT2D eigenvalue weighted by molar-refractivity contribution is 0.345. The van der Waals surface area contributed by atoms with E-state index in [0.717, 1.165) is 22.2 Å². The van der Waals surface area contributed by atoms with Crippen LogP contribution in [0.15, 0.2) is 47.4 Å². The quantitative estimate of drug-likeness (QED) is 0.709. The summed E-state index contributed by atoms with van der Waals surface area (Å²) in [6, 6.07) is 13.8. The van der Waals surface area contributed by atoms with Crippen molar-refractivity contribution < 1.29 is 13.2 Å². The molecule has 1 aromatic heterocycles. The van der Waals surface area contributed by atoms with Crippen molar-refractivity contribution in [1.82, 2.24) is 8.87 Å². The minimum absolute atomic E-state index is 0.361. The highest BCUT2D eigenvalue weighted by atomic mass is 32.2. The molecule has 0 amide bonds. The maximum atomic E-state index is 13.3. The molecule has 1 aliphatic rings. The van der Waals surface area contributed by atoms with Crippen molar-refractivity contribution in [3.8, 4) is 5.75 Å². The molecular weight excluding hydrogens is 348 g/mol. The number of para-hydroxylation sites is 1. The summed E-state index contributed by atoms with van der Waals surface area (Å²) >= 11 is 0. The lowest BCUT2D eigenvalue weighted by Gasteiger charge is -2.29. The Morgan fingerprint density at radius 1 is 1.00 bits per heavy atom. The number of nitrogens with zero attached hydrogens (tertiary/aromatic N) is 2. The van der Waals surface area contributed by atoms with Gasteiger partial charge in [-0.1, -0.05) is 18.2 Å². The van der Waals surface area contributed by atoms with Gasteiger partial charge >= 0.3 is 0 Å². The standard InChI is InChI=1S/C20H22N2O3S/c1-14-11-20(15(2)10-19(14)25-3)26(23,24)21-8-9-22-17(13-21)12-16-6-4-5-7-18(16)22/h4-7,10-12H,8-9,13H2,1-3H3. The van der Waals surface area contributed by atoms with Crippen LogP contribution in [0.1, 0.15) is 16.8 Å². The van der Waals surface area contributed by atoms with E-state index in [9.17, 15) is 8.42 Å². The van der Waals surface area contributed by atoms with Crippen molar-refractivity contribution in [2.45, 2.75) is 31.8 Å². The summed E-state index contributed by atoms with van der Waals surface area (Å²) < 4.78 is 35.6. The number of aromatic nitrogens is 1. The fourth-order valence-electron chi connectivity index (χ4n) is 3.74. The summed E-state index contributed by atoms with van der Waals surface area (Å²) in [5.74, 6) is 0.709. The van der Waals surface area contributed by atoms with E-state index in [0.29, 0.717) is 35.8 Å². The Balaban J connectivity index is 1.73. The fourth-order valence-corrected chi connectivity index (χ4v) is 5.43. The largest absolute Gasteiger partial charge is 0.496 e. The van der Waals surface area contributed by atoms with Crippen LogP contribution < -0.4 is 4.74 Å². The van der Waals surface area contributed by atoms with Gasteiger partial charge in [0.05, 0.1) is 18.6 Å². The van der Waals surface area contributed by atoms with E-state index in [-0.39, 0.29) is 0 Å². The van der Waals surface area contributed by atoms with Crippen LogP contribution in [0, 0.1) is 13.8 Å². The molecule has 5 nitrogen and oxygen atoms in total. The van der Waals surface area contributed by atoms with Gasteiger partial charge in [-0.25, -0.2) is 8.42 Å². The van der Waals surface area contributed by atoms with Gasteiger partial charge in [0.1, 0.15) is 5.75 Å². The molecule has 0 saturated carbocycles. The predicted molar refractivity (Wildman–Crippen MR) is 102 cm³/mol. The number of aryl methyl sites for hydroxylation is 2. The van der Waals surface area contributed by atoms with Gasteiger partial charge in [-0.15, -0.1) is 0 Å². The third kappa shape index (κ3) is 2.61. The molecule has 0 saturated heterocycles. The summed E-state index contributed by atoms with van der Waals surface area (Å²) in [5, 5.41) is 1.15. The predicted octanol–water partition coefficient (Wildman–Crippen LogP) is 3.47. The molecule has 0 fully saturated rings. The molecule has 26 heavy (non-hydrogen) atoms. The van der Waals surface area contributed by atoms with Gasteiger partial charge in [0.2, 0.25) is 10.0 Å². The Morgan fingerprint density at radius 2 is 1.77 bits per heavy atom. The number of hydrogen-bond acceptors (Lipinski definition) is 3. The summed E-state index contributed by atoms with van der Waals surface area (Å²) in [7, 11) is -1.96. The third-order valence-electron chi connectivity index (χ3n) is 5.12. The van der Waals surface area contributed by atoms with Gasteiger partial charge < -0.3 is 9.30 Å². The lowest BCUT2D eigenvalue weighted by atomic mass is 10.1. The van der Waals surface area contributed by atoms with Gasteiger partial charge in [-0.05, 0) is 54.6 Å². The zero-order valence-electron chi connectivity index (χ0n) is 15.2. The molecule has 136 valence electrons. The highest BCUT2D eigenvalue weighted by Gasteiger charge is 2.30. The van der Waals surface area contributed by atoms with Gasteiger partial charge in [-0.3, -0.25) is 0 Å². The first-order valence-electron chi connectivity index (χ1n) is 8.64. The highest BCUT2D eigenvalue weighted by Crippen LogP contribution is 2.31. The van der Waals surface area contributed by atoms with Crippen LogP contribution in [0.25, 0.3) is 10.9 Å². The van der Waals surface area contributed by atoms with Crippen molar-refractivity contribution in [2.24, 2.45) is 0 Å². The molecule has 0 aliphatic carbocycles. The Kier molecular flexibility index (Phi) is 4.04. The first-order chi connectivity index (χ1) is 12.4. The van der Waals surface area contributed by atoms with Crippen molar-refractivity contribution in [1.29, 1.82) is 0 Å². The van der Waals surface area contributed by atoms with Crippen molar-refractivity contribution in [3.05, 3.63) is 59.3 Å². The van der Waals surface area contributed by atoms with Crippen LogP contribution in [0.5, 0.6) is 5.75 Å². The molecule has 2 aromatic carbocycles. The number of fused-ring (bicyclic) bond motifs is 3. The van der Waals surface area contributed by atoms with Crippen LogP contribution in [0.2, 0.25) is 0 Å². The average molecular weight is 370 g/mol. The summed E-state index contributed by atoms with van der Waals surface area (Å²) in [4.78, 5) is 0.361. The first kappa shape index (κ1) is 17.1. The number of benzene rings is 2. The van der Waals surface area contributed by atoms with Crippen LogP contribution >= 0.6 is 0 Å². The number of rotatable bonds is 3. The molecule has 0 bridgehead atoms. The lowest BCUT2D eigenvalue weighted by Crippen LogP contribution is -2.38. The monoisotopic (exact) mass is 370 g/mol. The topological polar surface area (TPSA) is 51.5 Å². The van der Waals surface area contributed by atoms with E-state index in [2.05, 4.69) is 22.8 Å². The second kappa shape index (κ2) is 6.14. The maximum Gasteiger partial charge on any atom is 0.243 e. The molecule has 0 atom stereocenters. The summed E-state index contributed by atoms with van der Waals surface area (Å²) in [5.41, 5.74) is 3.72. The minimum atomic E-state index is -3.56. The van der Waals surface area contributed by atoms with E-state index in [1.807, 2.05) is 26.0 Å². The molecule has 0 N–H and O–H groups in total. The molecule has 3 aromatic rings. The third-order valence-corrected chi connectivity index (χ3v) is 7.11. The van der Waals surface area contributed by atoms with Gasteiger partial charge in [0.25, 0.3) is 0 Å². The van der Waals surface area contributed by atoms with Crippen molar-refractivity contribution in [2.75, 3.05) is 13.7 Å². The Labute approximate surface area is 153 Å². The van der Waals surface area contributed by atoms with E-state index in [1.165, 1.54) is 0 Å². The van der Waals surface area contributed by atoms with Crippen LogP contribution in [0.4, 0.5) is 0 Å². The van der Waals surface area contributed by atoms with Gasteiger partial charge in [0, 0.05) is 24.3 Å². The summed E-state index contributed by atoms with van der Waals surface area (Å²) in [6.45, 7) is 5.21. The Morgan fingerprint density at radius 3 is 2.54 bits per heavy atom. The van der Waals surface area contributed by atoms with Crippen molar-refractivity contribution >= 4 is 20.9 Å². The molecule has 0 unspecified atom stereocenters. The highest BCUT2D eigenvalue weighted by molar-refractivity contribution is 7.89. The van der Waals surface area contributed by atoms with Gasteiger partial charge in [-0.2, -0.15) is 4.31 Å². The molecule has 0 spiro atoms. The van der Waals surface area contributed by atoms with Crippen molar-refractivity contribution in [3.63, 3.8) is 0 Å². The number of methoxy groups -OCH3 is 1. The van der Waals surface area contributed by atoms with E-state index < -0.39 is 10.0 Å². The number of ether oxygens (including phenoxy) is 1. The smallest absolute Gasteiger partial charge is 0.243 e. The molecule has 2 heterocycles. The Hall–Kier alpha value is -2.31. The first-order valence-corrected chi connectivity index (χ1v) is 10.1. The maximum absolute atomic E-state index is 13.3. The van der Waals surface area contributed by atoms with E-state index in [1.54, 1.807) is 23.5 Å². The normalized spacial score (nSPS) is 15.2. The van der Waals surface area contributed by atoms with E-state index in [4.69, 9.17) is 4.74 Å². The van der Waals surface area contributed by atoms with Crippen LogP contribution in [0.3, 0.4) is 0 Å². The zero-order chi connectivity index (χ0) is 18.5. The van der Waals surface area contributed by atoms with Crippen LogP contribution in [-0.2, 0) is 23.1 Å². The molecule has 4 rings (SSSR count). The number of sulfonamides is 1. The fraction of sp³-hybridized carbons (Fsp3) is 0.300. The molecule has 6 heteroatoms. The van der Waals surface area contributed by atoms with Crippen LogP contribution in [-0.4, -0.2) is 30.9 Å². The summed E-state index contributed by atoms with van der Waals surface area (Å²) in [6.07, 6.45) is 0. The van der Waals surface area contributed by atoms with Gasteiger partial charge in [0.15, 0.2) is 0 Å². The second-order valence-corrected chi connectivity index (χ2v) is 8.68. The number of hydrogen-bond donors (Lipinski definition) is 0. The van der Waals surface area contributed by atoms with E-state index >= 15 is 0 Å². The minimum Gasteiger partial charge on any atom is -0.496 e. The average Bonchev–Trinajstić information content (AvgIpc) is 3.01. The molecular formula is C20H22N2O3S. The molecule has 1 aliphatic heterocycles. The molecule has 0 radical (unpaired) electrons.